The fraction of sp³-hybridized carbons (Fsp3) is 0.375. The van der Waals surface area contributed by atoms with Gasteiger partial charge in [0, 0.05) is 12.8 Å². The minimum atomic E-state index is 0.0265. The van der Waals surface area contributed by atoms with E-state index in [2.05, 4.69) is 31.6 Å². The van der Waals surface area contributed by atoms with Crippen LogP contribution >= 0.6 is 15.9 Å². The van der Waals surface area contributed by atoms with E-state index in [0.717, 1.165) is 47.3 Å². The lowest BCUT2D eigenvalue weighted by molar-refractivity contribution is -0.542. The van der Waals surface area contributed by atoms with Crippen molar-refractivity contribution in [3.63, 3.8) is 0 Å². The number of hydrogen-bond donors (Lipinski definition) is 4. The van der Waals surface area contributed by atoms with Crippen molar-refractivity contribution in [2.75, 3.05) is 33.4 Å². The molecular weight excluding hydrogens is 486 g/mol. The number of aliphatic hydroxyl groups is 1. The minimum Gasteiger partial charge on any atom is -0.496 e. The van der Waals surface area contributed by atoms with E-state index in [1.54, 1.807) is 19.2 Å². The van der Waals surface area contributed by atoms with Gasteiger partial charge in [-0.05, 0) is 51.8 Å². The zero-order valence-corrected chi connectivity index (χ0v) is 20.3. The van der Waals surface area contributed by atoms with Crippen LogP contribution in [-0.4, -0.2) is 60.9 Å². The largest absolute Gasteiger partial charge is 0.496 e. The van der Waals surface area contributed by atoms with Crippen LogP contribution in [0.4, 0.5) is 0 Å². The molecule has 3 rings (SSSR count). The Kier molecular flexibility index (Phi) is 8.83. The number of aliphatic hydroxyl groups excluding tert-OH is 1. The summed E-state index contributed by atoms with van der Waals surface area (Å²) in [4.78, 5) is 3.25. The number of hydrogen-bond acceptors (Lipinski definition) is 4. The minimum absolute atomic E-state index is 0.0265. The third kappa shape index (κ3) is 6.32. The Morgan fingerprint density at radius 1 is 1.21 bits per heavy atom. The molecule has 33 heavy (non-hydrogen) atoms. The number of ether oxygens (including phenoxy) is 2. The number of nitrogen functional groups attached to an aromatic ring is 1. The van der Waals surface area contributed by atoms with Gasteiger partial charge in [-0.3, -0.25) is 21.0 Å². The van der Waals surface area contributed by atoms with Gasteiger partial charge in [-0.1, -0.05) is 6.07 Å². The molecule has 8 nitrogen and oxygen atoms in total. The first-order valence-electron chi connectivity index (χ1n) is 10.8. The van der Waals surface area contributed by atoms with Gasteiger partial charge in [0.1, 0.15) is 12.3 Å². The van der Waals surface area contributed by atoms with Crippen LogP contribution in [0.3, 0.4) is 0 Å². The summed E-state index contributed by atoms with van der Waals surface area (Å²) < 4.78 is 13.9. The van der Waals surface area contributed by atoms with Crippen molar-refractivity contribution >= 4 is 27.6 Å². The van der Waals surface area contributed by atoms with Crippen molar-refractivity contribution < 1.29 is 24.1 Å². The molecule has 0 unspecified atom stereocenters. The van der Waals surface area contributed by atoms with Crippen molar-refractivity contribution in [3.8, 4) is 11.8 Å². The van der Waals surface area contributed by atoms with E-state index in [-0.39, 0.29) is 12.7 Å². The van der Waals surface area contributed by atoms with Crippen LogP contribution in [0.5, 0.6) is 5.75 Å². The quantitative estimate of drug-likeness (QED) is 0.225. The molecule has 1 heterocycles. The summed E-state index contributed by atoms with van der Waals surface area (Å²) in [5.41, 5.74) is 16.0. The third-order valence-electron chi connectivity index (χ3n) is 5.64. The molecule has 0 atom stereocenters. The highest BCUT2D eigenvalue weighted by atomic mass is 79.9. The number of methoxy groups -OCH3 is 1. The first-order chi connectivity index (χ1) is 16.0. The molecule has 0 saturated carbocycles. The van der Waals surface area contributed by atoms with Gasteiger partial charge in [0.05, 0.1) is 66.7 Å². The number of nitrogens with one attached hydrogen (secondary N) is 1. The number of piperidine rings is 1. The lowest BCUT2D eigenvalue weighted by Gasteiger charge is -2.24. The molecule has 6 N–H and O–H groups in total. The molecule has 1 saturated heterocycles. The van der Waals surface area contributed by atoms with Gasteiger partial charge in [-0.15, -0.1) is 0 Å². The lowest BCUT2D eigenvalue weighted by atomic mass is 10.0. The van der Waals surface area contributed by atoms with E-state index >= 15 is 0 Å². The highest BCUT2D eigenvalue weighted by Crippen LogP contribution is 2.25. The molecule has 2 aromatic carbocycles. The van der Waals surface area contributed by atoms with Crippen LogP contribution in [0, 0.1) is 11.3 Å². The van der Waals surface area contributed by atoms with Crippen LogP contribution in [-0.2, 0) is 11.3 Å². The van der Waals surface area contributed by atoms with E-state index in [1.807, 2.05) is 24.3 Å². The SMILES string of the molecule is COc1ccc(C[NH+]=C(N)c2cc(C#N)ccc2C(N)=[N+]2CCC(OCCO)CC2)cc1Br. The number of halogens is 1. The molecule has 0 amide bonds. The second-order valence-electron chi connectivity index (χ2n) is 7.77. The smallest absolute Gasteiger partial charge is 0.275 e. The Bertz CT molecular complexity index is 1080. The number of amidine groups is 2. The highest BCUT2D eigenvalue weighted by molar-refractivity contribution is 9.10. The van der Waals surface area contributed by atoms with Crippen molar-refractivity contribution in [1.29, 1.82) is 5.26 Å². The lowest BCUT2D eigenvalue weighted by Crippen LogP contribution is -2.74. The van der Waals surface area contributed by atoms with Gasteiger partial charge in [0.25, 0.3) is 11.7 Å². The van der Waals surface area contributed by atoms with Gasteiger partial charge in [-0.2, -0.15) is 5.26 Å². The maximum absolute atomic E-state index is 9.39. The number of benzene rings is 2. The monoisotopic (exact) mass is 515 g/mol. The topological polar surface area (TPSA) is 132 Å². The maximum atomic E-state index is 9.39. The van der Waals surface area contributed by atoms with E-state index in [1.165, 1.54) is 0 Å². The average Bonchev–Trinajstić information content (AvgIpc) is 2.85. The molecule has 1 aliphatic heterocycles. The molecule has 0 bridgehead atoms. The van der Waals surface area contributed by atoms with Crippen LogP contribution in [0.15, 0.2) is 40.9 Å². The number of nitrogens with zero attached hydrogens (tertiary/aromatic N) is 2. The second kappa shape index (κ2) is 11.8. The summed E-state index contributed by atoms with van der Waals surface area (Å²) >= 11 is 3.50. The Morgan fingerprint density at radius 2 is 1.97 bits per heavy atom. The summed E-state index contributed by atoms with van der Waals surface area (Å²) in [6, 6.07) is 13.3. The summed E-state index contributed by atoms with van der Waals surface area (Å²) in [5.74, 6) is 1.82. The average molecular weight is 516 g/mol. The Balaban J connectivity index is 1.85. The first-order valence-corrected chi connectivity index (χ1v) is 11.6. The maximum Gasteiger partial charge on any atom is 0.275 e. The van der Waals surface area contributed by atoms with E-state index in [9.17, 15) is 5.26 Å². The van der Waals surface area contributed by atoms with E-state index < -0.39 is 0 Å². The van der Waals surface area contributed by atoms with Crippen LogP contribution in [0.25, 0.3) is 0 Å². The molecule has 0 aliphatic carbocycles. The highest BCUT2D eigenvalue weighted by Gasteiger charge is 2.25. The van der Waals surface area contributed by atoms with Gasteiger partial charge in [0.2, 0.25) is 0 Å². The number of rotatable bonds is 8. The summed E-state index contributed by atoms with van der Waals surface area (Å²) in [6.45, 7) is 2.37. The van der Waals surface area contributed by atoms with Gasteiger partial charge < -0.3 is 14.6 Å². The fourth-order valence-corrected chi connectivity index (χ4v) is 4.41. The Morgan fingerprint density at radius 3 is 2.61 bits per heavy atom. The van der Waals surface area contributed by atoms with E-state index in [4.69, 9.17) is 26.0 Å². The van der Waals surface area contributed by atoms with Gasteiger partial charge in [0.15, 0.2) is 0 Å². The predicted octanol–water partition coefficient (Wildman–Crippen LogP) is 0.205. The molecule has 0 spiro atoms. The summed E-state index contributed by atoms with van der Waals surface area (Å²) in [5, 5.41) is 18.3. The van der Waals surface area contributed by atoms with Crippen molar-refractivity contribution in [3.05, 3.63) is 63.1 Å². The summed E-state index contributed by atoms with van der Waals surface area (Å²) in [6.07, 6.45) is 1.79. The van der Waals surface area contributed by atoms with Gasteiger partial charge >= 0.3 is 0 Å². The zero-order chi connectivity index (χ0) is 23.8. The van der Waals surface area contributed by atoms with E-state index in [0.29, 0.717) is 35.9 Å². The molecule has 1 aliphatic rings. The normalized spacial score (nSPS) is 16.4. The first kappa shape index (κ1) is 24.7. The Labute approximate surface area is 202 Å². The number of nitrogens with two attached hydrogens (primary N) is 2. The van der Waals surface area contributed by atoms with Crippen LogP contribution in [0.1, 0.15) is 35.1 Å². The van der Waals surface area contributed by atoms with Crippen LogP contribution < -0.4 is 21.2 Å². The molecule has 0 radical (unpaired) electrons. The van der Waals surface area contributed by atoms with Crippen LogP contribution in [0.2, 0.25) is 0 Å². The molecule has 9 heteroatoms. The molecule has 1 fully saturated rings. The zero-order valence-electron chi connectivity index (χ0n) is 18.7. The fourth-order valence-electron chi connectivity index (χ4n) is 3.83. The molecule has 2 aromatic rings. The molecular formula is C24H30BrN5O3+2. The van der Waals surface area contributed by atoms with Crippen molar-refractivity contribution in [1.82, 2.24) is 0 Å². The van der Waals surface area contributed by atoms with Gasteiger partial charge in [-0.25, -0.2) is 0 Å². The standard InChI is InChI=1S/C24H28BrN5O3/c1-32-22-5-3-17(13-21(22)25)15-29-23(27)20-12-16(14-26)2-4-19(20)24(28)30-8-6-18(7-9-30)33-11-10-31/h2-5,12-13,18,28,31H,6-11,15H2,1H3,(H2,27,29)/p+2. The van der Waals surface area contributed by atoms with Crippen molar-refractivity contribution in [2.24, 2.45) is 11.5 Å². The molecule has 174 valence electrons. The molecule has 0 aromatic heterocycles. The second-order valence-corrected chi connectivity index (χ2v) is 8.63. The summed E-state index contributed by atoms with van der Waals surface area (Å²) in [7, 11) is 1.62. The predicted molar refractivity (Wildman–Crippen MR) is 129 cm³/mol. The number of nitriles is 1. The third-order valence-corrected chi connectivity index (χ3v) is 6.26. The van der Waals surface area contributed by atoms with Crippen molar-refractivity contribution in [2.45, 2.75) is 25.5 Å². The Hall–Kier alpha value is -2.93.